The highest BCUT2D eigenvalue weighted by atomic mass is 16.5. The largest absolute Gasteiger partial charge is 0.481 e. The third-order valence-corrected chi connectivity index (χ3v) is 7.86. The van der Waals surface area contributed by atoms with Crippen LogP contribution in [0.3, 0.4) is 0 Å². The fraction of sp³-hybridized carbons (Fsp3) is 0.808. The van der Waals surface area contributed by atoms with Gasteiger partial charge >= 0.3 is 5.97 Å². The number of carboxylic acids is 1. The zero-order chi connectivity index (χ0) is 25.7. The van der Waals surface area contributed by atoms with Crippen molar-refractivity contribution in [3.8, 4) is 0 Å². The Morgan fingerprint density at radius 2 is 1.88 bits per heavy atom. The lowest BCUT2D eigenvalue weighted by atomic mass is 9.66. The van der Waals surface area contributed by atoms with Crippen molar-refractivity contribution >= 4 is 17.8 Å². The Kier molecular flexibility index (Phi) is 7.01. The fourth-order valence-corrected chi connectivity index (χ4v) is 7.02. The number of likely N-dealkylation sites (tertiary alicyclic amines) is 1. The van der Waals surface area contributed by atoms with Crippen LogP contribution in [-0.2, 0) is 19.1 Å². The number of aliphatic hydroxyl groups is 1. The molecule has 1 spiro atoms. The maximum absolute atomic E-state index is 14.4. The van der Waals surface area contributed by atoms with Crippen molar-refractivity contribution in [3.63, 3.8) is 0 Å². The number of rotatable bonds is 10. The molecule has 3 fully saturated rings. The van der Waals surface area contributed by atoms with Crippen LogP contribution in [-0.4, -0.2) is 80.3 Å². The number of hydrogen-bond donors (Lipinski definition) is 2. The Hall–Kier alpha value is -1.93. The van der Waals surface area contributed by atoms with Gasteiger partial charge in [0, 0.05) is 25.2 Å². The van der Waals surface area contributed by atoms with E-state index in [1.54, 1.807) is 22.8 Å². The minimum Gasteiger partial charge on any atom is -0.481 e. The van der Waals surface area contributed by atoms with Gasteiger partial charge in [-0.25, -0.2) is 0 Å². The van der Waals surface area contributed by atoms with Crippen LogP contribution in [0.15, 0.2) is 12.7 Å². The van der Waals surface area contributed by atoms with Crippen LogP contribution in [0, 0.1) is 17.3 Å². The van der Waals surface area contributed by atoms with E-state index in [0.29, 0.717) is 32.2 Å². The lowest BCUT2D eigenvalue weighted by molar-refractivity contribution is -0.158. The molecule has 8 nitrogen and oxygen atoms in total. The summed E-state index contributed by atoms with van der Waals surface area (Å²) in [6.07, 6.45) is 4.41. The van der Waals surface area contributed by atoms with Gasteiger partial charge in [-0.1, -0.05) is 26.8 Å². The summed E-state index contributed by atoms with van der Waals surface area (Å²) >= 11 is 0. The Bertz CT molecular complexity index is 849. The highest BCUT2D eigenvalue weighted by Gasteiger charge is 2.78. The number of aliphatic carboxylic acids is 1. The third-order valence-electron chi connectivity index (χ3n) is 7.86. The summed E-state index contributed by atoms with van der Waals surface area (Å²) in [4.78, 5) is 43.7. The van der Waals surface area contributed by atoms with Crippen LogP contribution in [0.2, 0.25) is 0 Å². The van der Waals surface area contributed by atoms with Crippen molar-refractivity contribution in [3.05, 3.63) is 12.7 Å². The van der Waals surface area contributed by atoms with E-state index in [1.165, 1.54) is 0 Å². The molecule has 3 saturated heterocycles. The van der Waals surface area contributed by atoms with Gasteiger partial charge in [-0.2, -0.15) is 0 Å². The molecule has 192 valence electrons. The van der Waals surface area contributed by atoms with Gasteiger partial charge in [0.25, 0.3) is 0 Å². The van der Waals surface area contributed by atoms with Gasteiger partial charge in [0.2, 0.25) is 11.8 Å². The fourth-order valence-electron chi connectivity index (χ4n) is 7.02. The topological polar surface area (TPSA) is 107 Å². The third kappa shape index (κ3) is 4.28. The number of fused-ring (bicyclic) bond motifs is 1. The van der Waals surface area contributed by atoms with Crippen LogP contribution >= 0.6 is 0 Å². The summed E-state index contributed by atoms with van der Waals surface area (Å²) in [5, 5.41) is 19.3. The monoisotopic (exact) mass is 478 g/mol. The number of carbonyl (C=O) groups excluding carboxylic acids is 2. The molecule has 3 heterocycles. The molecule has 0 aromatic carbocycles. The number of carbonyl (C=O) groups is 3. The molecular weight excluding hydrogens is 436 g/mol. The van der Waals surface area contributed by atoms with Crippen LogP contribution in [0.5, 0.6) is 0 Å². The summed E-state index contributed by atoms with van der Waals surface area (Å²) in [7, 11) is 0. The second-order valence-corrected chi connectivity index (χ2v) is 12.3. The molecule has 3 aliphatic heterocycles. The Balaban J connectivity index is 2.07. The van der Waals surface area contributed by atoms with Crippen molar-refractivity contribution in [2.24, 2.45) is 17.3 Å². The number of carboxylic acid groups (broad SMARTS) is 1. The van der Waals surface area contributed by atoms with Crippen LogP contribution in [0.4, 0.5) is 0 Å². The maximum Gasteiger partial charge on any atom is 0.310 e. The predicted molar refractivity (Wildman–Crippen MR) is 128 cm³/mol. The van der Waals surface area contributed by atoms with E-state index in [1.807, 2.05) is 13.8 Å². The van der Waals surface area contributed by atoms with Crippen molar-refractivity contribution in [2.75, 3.05) is 19.7 Å². The first-order valence-electron chi connectivity index (χ1n) is 12.4. The van der Waals surface area contributed by atoms with E-state index in [4.69, 9.17) is 4.74 Å². The van der Waals surface area contributed by atoms with E-state index >= 15 is 0 Å². The smallest absolute Gasteiger partial charge is 0.310 e. The molecule has 2 N–H and O–H groups in total. The van der Waals surface area contributed by atoms with Gasteiger partial charge in [0.15, 0.2) is 0 Å². The molecule has 3 aliphatic rings. The number of hydrogen-bond acceptors (Lipinski definition) is 5. The molecule has 0 saturated carbocycles. The molecular formula is C26H42N2O6. The van der Waals surface area contributed by atoms with Gasteiger partial charge in [-0.05, 0) is 58.3 Å². The highest BCUT2D eigenvalue weighted by molar-refractivity contribution is 5.98. The quantitative estimate of drug-likeness (QED) is 0.369. The number of aliphatic hydroxyl groups excluding tert-OH is 1. The van der Waals surface area contributed by atoms with E-state index in [2.05, 4.69) is 27.4 Å². The molecule has 34 heavy (non-hydrogen) atoms. The lowest BCUT2D eigenvalue weighted by Gasteiger charge is -2.45. The Morgan fingerprint density at radius 3 is 2.41 bits per heavy atom. The Morgan fingerprint density at radius 1 is 1.24 bits per heavy atom. The normalized spacial score (nSPS) is 32.7. The van der Waals surface area contributed by atoms with Crippen LogP contribution in [0.25, 0.3) is 0 Å². The molecule has 2 bridgehead atoms. The van der Waals surface area contributed by atoms with Gasteiger partial charge in [-0.15, -0.1) is 6.58 Å². The van der Waals surface area contributed by atoms with Crippen LogP contribution in [0.1, 0.15) is 73.6 Å². The molecule has 5 atom stereocenters. The molecule has 8 heteroatoms. The minimum atomic E-state index is -1.15. The first-order valence-corrected chi connectivity index (χ1v) is 12.4. The summed E-state index contributed by atoms with van der Waals surface area (Å²) in [6.45, 7) is 16.6. The predicted octanol–water partition coefficient (Wildman–Crippen LogP) is 2.84. The molecule has 0 radical (unpaired) electrons. The molecule has 2 amide bonds. The second-order valence-electron chi connectivity index (χ2n) is 12.3. The van der Waals surface area contributed by atoms with E-state index in [0.717, 1.165) is 6.42 Å². The second kappa shape index (κ2) is 8.94. The zero-order valence-electron chi connectivity index (χ0n) is 21.6. The molecule has 0 aliphatic carbocycles. The first-order chi connectivity index (χ1) is 15.6. The van der Waals surface area contributed by atoms with Gasteiger partial charge in [-0.3, -0.25) is 14.4 Å². The van der Waals surface area contributed by atoms with Crippen molar-refractivity contribution < 1.29 is 29.3 Å². The number of unbranched alkanes of at least 4 members (excludes halogenated alkanes) is 1. The van der Waals surface area contributed by atoms with E-state index < -0.39 is 40.6 Å². The highest BCUT2D eigenvalue weighted by Crippen LogP contribution is 2.63. The summed E-state index contributed by atoms with van der Waals surface area (Å²) in [5.74, 6) is -3.46. The lowest BCUT2D eigenvalue weighted by Crippen LogP contribution is -2.61. The number of amides is 2. The van der Waals surface area contributed by atoms with E-state index in [9.17, 15) is 24.6 Å². The van der Waals surface area contributed by atoms with Crippen molar-refractivity contribution in [2.45, 2.75) is 96.4 Å². The number of nitrogens with zero attached hydrogens (tertiary/aromatic N) is 2. The standard InChI is InChI=1S/C26H42N2O6/c1-8-13-28(24(5,6)16-23(2,3)4)21(31)19-26-12-11-25(7,34-26)18(22(32)33)17(26)20(30)27(19)14-9-10-15-29/h8,17-19,29H,1,9-16H2,2-7H3,(H,32,33)/t17-,18+,19?,25-,26?/m0/s1. The molecule has 0 aromatic heterocycles. The van der Waals surface area contributed by atoms with Crippen molar-refractivity contribution in [1.29, 1.82) is 0 Å². The van der Waals surface area contributed by atoms with Crippen LogP contribution < -0.4 is 0 Å². The average Bonchev–Trinajstić information content (AvgIpc) is 3.25. The Labute approximate surface area is 203 Å². The molecule has 0 aromatic rings. The maximum atomic E-state index is 14.4. The van der Waals surface area contributed by atoms with E-state index in [-0.39, 0.29) is 30.4 Å². The van der Waals surface area contributed by atoms with Crippen molar-refractivity contribution in [1.82, 2.24) is 9.80 Å². The SMILES string of the molecule is C=CCN(C(=O)C1N(CCCCO)C(=O)[C@@H]2[C@H](C(=O)O)[C@]3(C)CCC12O3)C(C)(C)CC(C)(C)C. The molecule has 2 unspecified atom stereocenters. The summed E-state index contributed by atoms with van der Waals surface area (Å²) in [6, 6.07) is -0.894. The van der Waals surface area contributed by atoms with Gasteiger partial charge < -0.3 is 24.7 Å². The minimum absolute atomic E-state index is 0.0112. The first kappa shape index (κ1) is 26.7. The van der Waals surface area contributed by atoms with Gasteiger partial charge in [0.05, 0.1) is 17.4 Å². The number of ether oxygens (including phenoxy) is 1. The summed E-state index contributed by atoms with van der Waals surface area (Å²) < 4.78 is 6.46. The average molecular weight is 479 g/mol. The van der Waals surface area contributed by atoms with Gasteiger partial charge in [0.1, 0.15) is 11.6 Å². The summed E-state index contributed by atoms with van der Waals surface area (Å²) in [5.41, 5.74) is -2.68. The zero-order valence-corrected chi connectivity index (χ0v) is 21.6. The molecule has 3 rings (SSSR count).